The number of nitrogens with zero attached hydrogens (tertiary/aromatic N) is 1. The summed E-state index contributed by atoms with van der Waals surface area (Å²) in [5, 5.41) is 1.45. The molecule has 0 bridgehead atoms. The van der Waals surface area contributed by atoms with E-state index in [1.807, 2.05) is 31.4 Å². The molecule has 2 aliphatic rings. The smallest absolute Gasteiger partial charge is 0.225 e. The molecular formula is C16H24N2O3S2. The van der Waals surface area contributed by atoms with Gasteiger partial charge in [-0.25, -0.2) is 13.1 Å². The Hall–Kier alpha value is -0.920. The van der Waals surface area contributed by atoms with Gasteiger partial charge < -0.3 is 4.90 Å². The molecule has 1 aliphatic heterocycles. The first-order chi connectivity index (χ1) is 10.8. The second-order valence-electron chi connectivity index (χ2n) is 7.10. The maximum atomic E-state index is 12.6. The van der Waals surface area contributed by atoms with Gasteiger partial charge in [-0.3, -0.25) is 4.79 Å². The van der Waals surface area contributed by atoms with Gasteiger partial charge >= 0.3 is 0 Å². The van der Waals surface area contributed by atoms with Crippen LogP contribution in [-0.2, 0) is 20.4 Å². The number of rotatable bonds is 5. The van der Waals surface area contributed by atoms with Gasteiger partial charge in [-0.15, -0.1) is 11.3 Å². The van der Waals surface area contributed by atoms with Gasteiger partial charge in [0.15, 0.2) is 0 Å². The fraction of sp³-hybridized carbons (Fsp3) is 0.688. The lowest BCUT2D eigenvalue weighted by atomic mass is 10.0. The minimum Gasteiger partial charge on any atom is -0.340 e. The van der Waals surface area contributed by atoms with Crippen molar-refractivity contribution in [1.82, 2.24) is 9.62 Å². The third-order valence-corrected chi connectivity index (χ3v) is 8.00. The van der Waals surface area contributed by atoms with E-state index >= 15 is 0 Å². The van der Waals surface area contributed by atoms with Crippen LogP contribution in [0.1, 0.15) is 44.4 Å². The average molecular weight is 357 g/mol. The largest absolute Gasteiger partial charge is 0.340 e. The Morgan fingerprint density at radius 1 is 1.30 bits per heavy atom. The average Bonchev–Trinajstić information content (AvgIpc) is 3.09. The topological polar surface area (TPSA) is 66.5 Å². The zero-order valence-electron chi connectivity index (χ0n) is 13.6. The third-order valence-electron chi connectivity index (χ3n) is 4.84. The zero-order chi connectivity index (χ0) is 16.7. The van der Waals surface area contributed by atoms with Crippen molar-refractivity contribution in [2.75, 3.05) is 13.1 Å². The summed E-state index contributed by atoms with van der Waals surface area (Å²) in [6.07, 6.45) is 4.14. The van der Waals surface area contributed by atoms with E-state index in [0.717, 1.165) is 30.6 Å². The molecule has 128 valence electrons. The fourth-order valence-corrected chi connectivity index (χ4v) is 5.98. The van der Waals surface area contributed by atoms with Crippen LogP contribution in [0, 0.1) is 5.92 Å². The Morgan fingerprint density at radius 2 is 1.96 bits per heavy atom. The van der Waals surface area contributed by atoms with Gasteiger partial charge in [0.1, 0.15) is 5.25 Å². The maximum Gasteiger partial charge on any atom is 0.225 e. The lowest BCUT2D eigenvalue weighted by Gasteiger charge is -2.41. The SMILES string of the molecule is CC(C)(NS(=O)(=O)C1CN(C(=O)C2CCCC2)C1)c1cccs1. The molecule has 1 N–H and O–H groups in total. The van der Waals surface area contributed by atoms with Crippen LogP contribution in [-0.4, -0.2) is 37.6 Å². The van der Waals surface area contributed by atoms with Crippen LogP contribution in [0.5, 0.6) is 0 Å². The molecule has 1 saturated carbocycles. The summed E-state index contributed by atoms with van der Waals surface area (Å²) in [6.45, 7) is 4.39. The van der Waals surface area contributed by atoms with Gasteiger partial charge in [0.2, 0.25) is 15.9 Å². The standard InChI is InChI=1S/C16H24N2O3S2/c1-16(2,14-8-5-9-22-14)17-23(20,21)13-10-18(11-13)15(19)12-6-3-4-7-12/h5,8-9,12-13,17H,3-4,6-7,10-11H2,1-2H3. The van der Waals surface area contributed by atoms with Crippen LogP contribution in [0.15, 0.2) is 17.5 Å². The molecule has 23 heavy (non-hydrogen) atoms. The normalized spacial score (nSPS) is 20.7. The number of likely N-dealkylation sites (tertiary alicyclic amines) is 1. The van der Waals surface area contributed by atoms with Crippen molar-refractivity contribution in [2.45, 2.75) is 50.3 Å². The molecule has 2 fully saturated rings. The Labute approximate surface area is 142 Å². The highest BCUT2D eigenvalue weighted by atomic mass is 32.2. The first-order valence-electron chi connectivity index (χ1n) is 8.15. The molecule has 0 aromatic carbocycles. The van der Waals surface area contributed by atoms with E-state index in [-0.39, 0.29) is 11.8 Å². The molecule has 2 heterocycles. The summed E-state index contributed by atoms with van der Waals surface area (Å²) in [6, 6.07) is 3.85. The van der Waals surface area contributed by atoms with Crippen LogP contribution in [0.2, 0.25) is 0 Å². The summed E-state index contributed by atoms with van der Waals surface area (Å²) >= 11 is 1.54. The molecule has 0 radical (unpaired) electrons. The summed E-state index contributed by atoms with van der Waals surface area (Å²) in [4.78, 5) is 15.0. The summed E-state index contributed by atoms with van der Waals surface area (Å²) in [5.41, 5.74) is -0.622. The van der Waals surface area contributed by atoms with Gasteiger partial charge in [-0.2, -0.15) is 0 Å². The number of amides is 1. The van der Waals surface area contributed by atoms with Crippen molar-refractivity contribution in [2.24, 2.45) is 5.92 Å². The van der Waals surface area contributed by atoms with Crippen molar-refractivity contribution in [3.63, 3.8) is 0 Å². The first-order valence-corrected chi connectivity index (χ1v) is 10.6. The van der Waals surface area contributed by atoms with E-state index in [4.69, 9.17) is 0 Å². The van der Waals surface area contributed by atoms with Crippen molar-refractivity contribution in [3.05, 3.63) is 22.4 Å². The molecule has 5 nitrogen and oxygen atoms in total. The number of carbonyl (C=O) groups is 1. The predicted octanol–water partition coefficient (Wildman–Crippen LogP) is 2.30. The monoisotopic (exact) mass is 356 g/mol. The van der Waals surface area contributed by atoms with Crippen molar-refractivity contribution >= 4 is 27.3 Å². The Morgan fingerprint density at radius 3 is 2.52 bits per heavy atom. The highest BCUT2D eigenvalue weighted by molar-refractivity contribution is 7.90. The fourth-order valence-electron chi connectivity index (χ4n) is 3.37. The molecule has 0 atom stereocenters. The van der Waals surface area contributed by atoms with Crippen molar-refractivity contribution in [3.8, 4) is 0 Å². The molecule has 1 amide bonds. The van der Waals surface area contributed by atoms with Crippen LogP contribution < -0.4 is 4.72 Å². The van der Waals surface area contributed by atoms with E-state index in [2.05, 4.69) is 4.72 Å². The lowest BCUT2D eigenvalue weighted by Crippen LogP contribution is -2.61. The molecule has 1 aromatic rings. The quantitative estimate of drug-likeness (QED) is 0.880. The van der Waals surface area contributed by atoms with E-state index in [1.165, 1.54) is 11.3 Å². The minimum atomic E-state index is -3.43. The highest BCUT2D eigenvalue weighted by Crippen LogP contribution is 2.31. The number of sulfonamides is 1. The summed E-state index contributed by atoms with van der Waals surface area (Å²) in [7, 11) is -3.43. The molecule has 3 rings (SSSR count). The van der Waals surface area contributed by atoms with E-state index in [1.54, 1.807) is 4.90 Å². The number of nitrogens with one attached hydrogen (secondary N) is 1. The Kier molecular flexibility index (Phi) is 4.55. The summed E-state index contributed by atoms with van der Waals surface area (Å²) in [5.74, 6) is 0.264. The second kappa shape index (κ2) is 6.18. The molecule has 1 aliphatic carbocycles. The zero-order valence-corrected chi connectivity index (χ0v) is 15.3. The third kappa shape index (κ3) is 3.46. The number of carbonyl (C=O) groups excluding carboxylic acids is 1. The molecule has 0 spiro atoms. The maximum absolute atomic E-state index is 12.6. The van der Waals surface area contributed by atoms with E-state index in [0.29, 0.717) is 13.1 Å². The molecular weight excluding hydrogens is 332 g/mol. The van der Waals surface area contributed by atoms with Crippen molar-refractivity contribution < 1.29 is 13.2 Å². The number of thiophene rings is 1. The molecule has 0 unspecified atom stereocenters. The number of hydrogen-bond donors (Lipinski definition) is 1. The minimum absolute atomic E-state index is 0.120. The van der Waals surface area contributed by atoms with Crippen LogP contribution in [0.4, 0.5) is 0 Å². The van der Waals surface area contributed by atoms with E-state index in [9.17, 15) is 13.2 Å². The van der Waals surface area contributed by atoms with Gasteiger partial charge in [0.05, 0.1) is 5.54 Å². The first kappa shape index (κ1) is 16.9. The Balaban J connectivity index is 1.59. The highest BCUT2D eigenvalue weighted by Gasteiger charge is 2.43. The van der Waals surface area contributed by atoms with Crippen LogP contribution >= 0.6 is 11.3 Å². The van der Waals surface area contributed by atoms with Crippen LogP contribution in [0.25, 0.3) is 0 Å². The van der Waals surface area contributed by atoms with Crippen molar-refractivity contribution in [1.29, 1.82) is 0 Å². The number of hydrogen-bond acceptors (Lipinski definition) is 4. The predicted molar refractivity (Wildman–Crippen MR) is 91.7 cm³/mol. The van der Waals surface area contributed by atoms with E-state index < -0.39 is 20.8 Å². The summed E-state index contributed by atoms with van der Waals surface area (Å²) < 4.78 is 27.9. The lowest BCUT2D eigenvalue weighted by molar-refractivity contribution is -0.138. The molecule has 1 aromatic heterocycles. The van der Waals surface area contributed by atoms with Gasteiger partial charge in [-0.05, 0) is 38.1 Å². The van der Waals surface area contributed by atoms with Gasteiger partial charge in [0.25, 0.3) is 0 Å². The molecule has 1 saturated heterocycles. The molecule has 7 heteroatoms. The van der Waals surface area contributed by atoms with Crippen LogP contribution in [0.3, 0.4) is 0 Å². The van der Waals surface area contributed by atoms with Gasteiger partial charge in [0, 0.05) is 23.9 Å². The van der Waals surface area contributed by atoms with Gasteiger partial charge in [-0.1, -0.05) is 18.9 Å². The second-order valence-corrected chi connectivity index (χ2v) is 10.0. The Bertz CT molecular complexity index is 656.